The minimum absolute atomic E-state index is 0.275. The van der Waals surface area contributed by atoms with E-state index >= 15 is 0 Å². The molecule has 1 aliphatic heterocycles. The lowest BCUT2D eigenvalue weighted by atomic mass is 9.80. The largest absolute Gasteiger partial charge is 0.515 e. The number of rotatable bonds is 4. The van der Waals surface area contributed by atoms with Crippen molar-refractivity contribution in [1.82, 2.24) is 29.9 Å². The van der Waals surface area contributed by atoms with Crippen LogP contribution in [0.1, 0.15) is 27.7 Å². The van der Waals surface area contributed by atoms with E-state index in [1.54, 1.807) is 0 Å². The van der Waals surface area contributed by atoms with Crippen LogP contribution < -0.4 is 5.59 Å². The van der Waals surface area contributed by atoms with Gasteiger partial charge in [0.15, 0.2) is 5.82 Å². The van der Waals surface area contributed by atoms with E-state index in [1.165, 1.54) is 72.7 Å². The number of halogens is 1. The van der Waals surface area contributed by atoms with Crippen LogP contribution in [0.4, 0.5) is 0 Å². The molecule has 0 unspecified atom stereocenters. The standard InChI is InChI=1S/C37H21N3S.C25H22BNO2S.C18H11ClN2/c1-2-10-23-19-24(18-17-22(23)9-1)35-28-14-5-7-15-31(28)39-37(40-35)36-27-13-4-3-11-25(27)29-20-30-26-12-6-8-16-33(26)41-34(30)21-32(29)38-36;1-24(2)25(3,4)29-26(28-24)23-17-11-6-5-9-15(17)18-13-19-16-10-7-8-12-21(16)30-22(19)14-20(18)27-23;19-18-20-16-8-4-3-7-15(16)17(21-18)14-10-9-12-5-1-2-6-13(12)11-14/h1-21H;5-14H,1-4H3;1-11H. The van der Waals surface area contributed by atoms with E-state index in [-0.39, 0.29) is 5.28 Å². The zero-order chi connectivity index (χ0) is 61.8. The number of nitrogens with zero attached hydrogens (tertiary/aromatic N) is 6. The molecule has 0 bridgehead atoms. The lowest BCUT2D eigenvalue weighted by Gasteiger charge is -2.32. The average molecular weight is 1240 g/mol. The van der Waals surface area contributed by atoms with E-state index in [9.17, 15) is 0 Å². The Bertz CT molecular complexity index is 6030. The second kappa shape index (κ2) is 22.1. The first kappa shape index (κ1) is 55.9. The van der Waals surface area contributed by atoms with Gasteiger partial charge in [-0.2, -0.15) is 0 Å². The number of aromatic nitrogens is 6. The SMILES string of the molecule is CC1(C)OB(c2nc3cc4sc5ccccc5c4cc3c3ccccc23)OC1(C)C.Clc1nc(-c2ccc3ccccc3c2)c2ccccc2n1.c1ccc2cc(-c3nc(-c4nc5cc6sc7ccccc7c6cc5c5ccccc45)nc4ccccc34)ccc2c1. The third-order valence-electron chi connectivity index (χ3n) is 18.3. The molecule has 0 spiro atoms. The van der Waals surface area contributed by atoms with Crippen LogP contribution in [-0.2, 0) is 9.31 Å². The summed E-state index contributed by atoms with van der Waals surface area (Å²) in [6, 6.07) is 89.0. The fraction of sp³-hybridized carbons (Fsp3) is 0.0750. The van der Waals surface area contributed by atoms with Crippen molar-refractivity contribution in [2.75, 3.05) is 0 Å². The molecule has 438 valence electrons. The van der Waals surface area contributed by atoms with Crippen molar-refractivity contribution < 1.29 is 9.31 Å². The maximum atomic E-state index is 6.36. The van der Waals surface area contributed by atoms with E-state index in [0.717, 1.165) is 88.2 Å². The Morgan fingerprint density at radius 2 is 0.728 bits per heavy atom. The molecule has 8 nitrogen and oxygen atoms in total. The van der Waals surface area contributed by atoms with Gasteiger partial charge < -0.3 is 9.31 Å². The van der Waals surface area contributed by atoms with Gasteiger partial charge in [0.05, 0.1) is 50.3 Å². The zero-order valence-electron chi connectivity index (χ0n) is 50.5. The van der Waals surface area contributed by atoms with E-state index < -0.39 is 18.3 Å². The van der Waals surface area contributed by atoms with Gasteiger partial charge in [0.1, 0.15) is 5.69 Å². The van der Waals surface area contributed by atoms with E-state index in [4.69, 9.17) is 40.8 Å². The number of hydrogen-bond donors (Lipinski definition) is 0. The van der Waals surface area contributed by atoms with Crippen LogP contribution in [0.25, 0.3) is 161 Å². The number of para-hydroxylation sites is 2. The van der Waals surface area contributed by atoms with Gasteiger partial charge in [-0.1, -0.05) is 194 Å². The Labute approximate surface area is 542 Å². The summed E-state index contributed by atoms with van der Waals surface area (Å²) >= 11 is 9.70. The normalized spacial score (nSPS) is 13.8. The molecule has 1 fully saturated rings. The molecule has 1 saturated heterocycles. The molecular formula is C80H54BClN6O2S2. The van der Waals surface area contributed by atoms with Crippen molar-refractivity contribution in [3.63, 3.8) is 0 Å². The Hall–Kier alpha value is -10.1. The fourth-order valence-corrected chi connectivity index (χ4v) is 15.4. The molecule has 18 aromatic rings. The van der Waals surface area contributed by atoms with Gasteiger partial charge in [-0.05, 0) is 132 Å². The summed E-state index contributed by atoms with van der Waals surface area (Å²) in [5, 5.41) is 19.1. The lowest BCUT2D eigenvalue weighted by Crippen LogP contribution is -2.41. The van der Waals surface area contributed by atoms with Crippen LogP contribution in [0.15, 0.2) is 255 Å². The topological polar surface area (TPSA) is 95.8 Å². The molecule has 0 amide bonds. The molecule has 92 heavy (non-hydrogen) atoms. The van der Waals surface area contributed by atoms with Gasteiger partial charge in [-0.15, -0.1) is 22.7 Å². The van der Waals surface area contributed by atoms with Crippen LogP contribution in [0.5, 0.6) is 0 Å². The number of thiophene rings is 2. The molecule has 7 heterocycles. The molecule has 0 saturated carbocycles. The Morgan fingerprint density at radius 1 is 0.304 bits per heavy atom. The summed E-state index contributed by atoms with van der Waals surface area (Å²) in [5.74, 6) is 0.640. The van der Waals surface area contributed by atoms with Gasteiger partial charge in [0, 0.05) is 83.8 Å². The Balaban J connectivity index is 0.000000112. The molecular weight excluding hydrogens is 1190 g/mol. The predicted molar refractivity (Wildman–Crippen MR) is 389 cm³/mol. The summed E-state index contributed by atoms with van der Waals surface area (Å²) < 4.78 is 17.8. The van der Waals surface area contributed by atoms with Crippen molar-refractivity contribution in [1.29, 1.82) is 0 Å². The summed E-state index contributed by atoms with van der Waals surface area (Å²) in [4.78, 5) is 29.4. The average Bonchev–Trinajstić information content (AvgIpc) is 1.52. The highest BCUT2D eigenvalue weighted by Gasteiger charge is 2.53. The Kier molecular flexibility index (Phi) is 13.4. The summed E-state index contributed by atoms with van der Waals surface area (Å²) in [7, 11) is -0.484. The summed E-state index contributed by atoms with van der Waals surface area (Å²) in [5.41, 5.74) is 8.49. The van der Waals surface area contributed by atoms with Crippen molar-refractivity contribution >= 4 is 174 Å². The Morgan fingerprint density at radius 3 is 1.28 bits per heavy atom. The van der Waals surface area contributed by atoms with Crippen LogP contribution >= 0.6 is 34.3 Å². The molecule has 19 rings (SSSR count). The smallest absolute Gasteiger partial charge is 0.398 e. The molecule has 1 aliphatic rings. The first-order valence-corrected chi connectivity index (χ1v) is 32.8. The molecule has 12 aromatic carbocycles. The summed E-state index contributed by atoms with van der Waals surface area (Å²) in [6.07, 6.45) is 0. The number of hydrogen-bond acceptors (Lipinski definition) is 10. The van der Waals surface area contributed by atoms with E-state index in [2.05, 4.69) is 250 Å². The molecule has 0 N–H and O–H groups in total. The van der Waals surface area contributed by atoms with E-state index in [1.807, 2.05) is 65.1 Å². The van der Waals surface area contributed by atoms with Gasteiger partial charge >= 0.3 is 7.12 Å². The van der Waals surface area contributed by atoms with Crippen LogP contribution in [0.3, 0.4) is 0 Å². The highest BCUT2D eigenvalue weighted by Crippen LogP contribution is 2.43. The number of fused-ring (bicyclic) bond motifs is 16. The highest BCUT2D eigenvalue weighted by molar-refractivity contribution is 7.26. The van der Waals surface area contributed by atoms with Crippen molar-refractivity contribution in [2.45, 2.75) is 38.9 Å². The summed E-state index contributed by atoms with van der Waals surface area (Å²) in [6.45, 7) is 8.32. The quantitative estimate of drug-likeness (QED) is 0.0977. The van der Waals surface area contributed by atoms with Crippen LogP contribution in [0.2, 0.25) is 5.28 Å². The highest BCUT2D eigenvalue weighted by atomic mass is 35.5. The monoisotopic (exact) mass is 1240 g/mol. The van der Waals surface area contributed by atoms with E-state index in [0.29, 0.717) is 5.82 Å². The van der Waals surface area contributed by atoms with Gasteiger partial charge in [-0.25, -0.2) is 24.9 Å². The third kappa shape index (κ3) is 9.66. The fourth-order valence-electron chi connectivity index (χ4n) is 13.0. The first-order chi connectivity index (χ1) is 44.9. The number of benzene rings is 12. The third-order valence-corrected chi connectivity index (χ3v) is 20.8. The van der Waals surface area contributed by atoms with Gasteiger partial charge in [0.25, 0.3) is 0 Å². The minimum Gasteiger partial charge on any atom is -0.398 e. The lowest BCUT2D eigenvalue weighted by molar-refractivity contribution is 0.00578. The maximum absolute atomic E-state index is 6.36. The van der Waals surface area contributed by atoms with Crippen LogP contribution in [0, 0.1) is 0 Å². The minimum atomic E-state index is -0.484. The maximum Gasteiger partial charge on any atom is 0.515 e. The second-order valence-electron chi connectivity index (χ2n) is 24.5. The van der Waals surface area contributed by atoms with Crippen LogP contribution in [-0.4, -0.2) is 48.2 Å². The molecule has 0 radical (unpaired) electrons. The zero-order valence-corrected chi connectivity index (χ0v) is 52.9. The van der Waals surface area contributed by atoms with Crippen molar-refractivity contribution in [2.24, 2.45) is 0 Å². The van der Waals surface area contributed by atoms with Crippen molar-refractivity contribution in [3.05, 3.63) is 260 Å². The molecule has 0 aliphatic carbocycles. The van der Waals surface area contributed by atoms with Crippen molar-refractivity contribution in [3.8, 4) is 34.0 Å². The number of pyridine rings is 2. The second-order valence-corrected chi connectivity index (χ2v) is 27.0. The predicted octanol–water partition coefficient (Wildman–Crippen LogP) is 21.3. The molecule has 12 heteroatoms. The van der Waals surface area contributed by atoms with Gasteiger partial charge in [0.2, 0.25) is 5.28 Å². The first-order valence-electron chi connectivity index (χ1n) is 30.8. The molecule has 0 atom stereocenters. The molecule has 6 aromatic heterocycles. The van der Waals surface area contributed by atoms with Gasteiger partial charge in [-0.3, -0.25) is 4.98 Å².